The Kier molecular flexibility index (Phi) is 4.47. The van der Waals surface area contributed by atoms with E-state index in [4.69, 9.17) is 0 Å². The summed E-state index contributed by atoms with van der Waals surface area (Å²) in [4.78, 5) is 23.7. The van der Waals surface area contributed by atoms with Crippen LogP contribution in [0.4, 0.5) is 5.69 Å². The third-order valence-corrected chi connectivity index (χ3v) is 6.14. The molecule has 2 aromatic rings. The minimum Gasteiger partial charge on any atom is -0.322 e. The molecular formula is C17H19N3O4S. The first-order valence-electron chi connectivity index (χ1n) is 7.94. The van der Waals surface area contributed by atoms with E-state index in [1.807, 2.05) is 0 Å². The number of hydrogen-bond acceptors (Lipinski definition) is 5. The highest BCUT2D eigenvalue weighted by molar-refractivity contribution is 7.91. The molecule has 2 heterocycles. The maximum Gasteiger partial charge on any atom is 0.259 e. The largest absolute Gasteiger partial charge is 0.322 e. The lowest BCUT2D eigenvalue weighted by Crippen LogP contribution is -2.16. The molecule has 1 fully saturated rings. The van der Waals surface area contributed by atoms with Gasteiger partial charge in [-0.2, -0.15) is 5.10 Å². The van der Waals surface area contributed by atoms with E-state index in [0.717, 1.165) is 0 Å². The summed E-state index contributed by atoms with van der Waals surface area (Å²) >= 11 is 0. The number of anilines is 1. The van der Waals surface area contributed by atoms with Gasteiger partial charge >= 0.3 is 0 Å². The molecule has 1 aliphatic heterocycles. The van der Waals surface area contributed by atoms with E-state index in [2.05, 4.69) is 10.4 Å². The van der Waals surface area contributed by atoms with E-state index in [0.29, 0.717) is 28.9 Å². The normalized spacial score (nSPS) is 18.9. The summed E-state index contributed by atoms with van der Waals surface area (Å²) in [6, 6.07) is 6.41. The third-order valence-electron chi connectivity index (χ3n) is 4.39. The van der Waals surface area contributed by atoms with Gasteiger partial charge in [0.15, 0.2) is 15.6 Å². The molecule has 1 amide bonds. The molecule has 0 radical (unpaired) electrons. The minimum atomic E-state index is -3.02. The van der Waals surface area contributed by atoms with Gasteiger partial charge in [0.2, 0.25) is 0 Å². The molecule has 1 aromatic carbocycles. The van der Waals surface area contributed by atoms with Crippen LogP contribution >= 0.6 is 0 Å². The Labute approximate surface area is 146 Å². The molecule has 0 spiro atoms. The van der Waals surface area contributed by atoms with Crippen molar-refractivity contribution < 1.29 is 18.0 Å². The molecule has 0 bridgehead atoms. The number of benzene rings is 1. The number of Topliss-reactive ketones (excluding diaryl/α,β-unsaturated/α-hetero) is 1. The first-order chi connectivity index (χ1) is 11.8. The van der Waals surface area contributed by atoms with Gasteiger partial charge in [0, 0.05) is 16.9 Å². The Morgan fingerprint density at radius 2 is 1.92 bits per heavy atom. The number of rotatable bonds is 4. The van der Waals surface area contributed by atoms with Crippen LogP contribution in [-0.4, -0.2) is 41.4 Å². The van der Waals surface area contributed by atoms with E-state index in [1.165, 1.54) is 13.1 Å². The Morgan fingerprint density at radius 1 is 1.24 bits per heavy atom. The molecule has 25 heavy (non-hydrogen) atoms. The van der Waals surface area contributed by atoms with Gasteiger partial charge in [-0.15, -0.1) is 0 Å². The highest BCUT2D eigenvalue weighted by Gasteiger charge is 2.31. The summed E-state index contributed by atoms with van der Waals surface area (Å²) in [5, 5.41) is 6.97. The molecule has 1 saturated heterocycles. The molecule has 1 aromatic heterocycles. The monoisotopic (exact) mass is 361 g/mol. The van der Waals surface area contributed by atoms with Crippen molar-refractivity contribution in [2.45, 2.75) is 26.3 Å². The van der Waals surface area contributed by atoms with Gasteiger partial charge in [0.1, 0.15) is 0 Å². The Hall–Kier alpha value is -2.48. The second-order valence-corrected chi connectivity index (χ2v) is 8.46. The maximum atomic E-state index is 12.5. The first kappa shape index (κ1) is 17.3. The van der Waals surface area contributed by atoms with Crippen molar-refractivity contribution in [3.63, 3.8) is 0 Å². The summed E-state index contributed by atoms with van der Waals surface area (Å²) < 4.78 is 24.9. The number of sulfone groups is 1. The lowest BCUT2D eigenvalue weighted by molar-refractivity contribution is 0.101. The molecule has 1 aliphatic rings. The van der Waals surface area contributed by atoms with Crippen LogP contribution in [0.3, 0.4) is 0 Å². The first-order valence-corrected chi connectivity index (χ1v) is 9.76. The van der Waals surface area contributed by atoms with E-state index < -0.39 is 9.84 Å². The molecule has 7 nitrogen and oxygen atoms in total. The van der Waals surface area contributed by atoms with Crippen molar-refractivity contribution in [3.8, 4) is 0 Å². The fraction of sp³-hybridized carbons (Fsp3) is 0.353. The summed E-state index contributed by atoms with van der Waals surface area (Å²) in [6.45, 7) is 3.24. The molecule has 0 aliphatic carbocycles. The van der Waals surface area contributed by atoms with Crippen LogP contribution < -0.4 is 5.32 Å². The van der Waals surface area contributed by atoms with E-state index >= 15 is 0 Å². The Balaban J connectivity index is 1.76. The topological polar surface area (TPSA) is 98.1 Å². The number of carbonyl (C=O) groups excluding carboxylic acids is 2. The molecule has 1 atom stereocenters. The van der Waals surface area contributed by atoms with Gasteiger partial charge in [-0.3, -0.25) is 14.3 Å². The molecular weight excluding hydrogens is 342 g/mol. The molecule has 8 heteroatoms. The minimum absolute atomic E-state index is 0.0403. The molecule has 132 valence electrons. The molecule has 0 saturated carbocycles. The lowest BCUT2D eigenvalue weighted by Gasteiger charge is -2.11. The SMILES string of the molecule is CC(=O)c1ccc(NC(=O)c2cnn(C3CCS(=O)(=O)C3)c2C)cc1. The second kappa shape index (κ2) is 6.44. The number of nitrogens with zero attached hydrogens (tertiary/aromatic N) is 2. The second-order valence-electron chi connectivity index (χ2n) is 6.23. The zero-order valence-corrected chi connectivity index (χ0v) is 14.8. The van der Waals surface area contributed by atoms with Gasteiger partial charge in [-0.25, -0.2) is 8.42 Å². The van der Waals surface area contributed by atoms with Crippen LogP contribution in [-0.2, 0) is 9.84 Å². The standard InChI is InChI=1S/C17H19N3O4S/c1-11-16(9-18-20(11)15-7-8-25(23,24)10-15)17(22)19-14-5-3-13(4-6-14)12(2)21/h3-6,9,15H,7-8,10H2,1-2H3,(H,19,22). The summed E-state index contributed by atoms with van der Waals surface area (Å²) in [5.74, 6) is -0.147. The van der Waals surface area contributed by atoms with Gasteiger partial charge in [-0.05, 0) is 44.5 Å². The van der Waals surface area contributed by atoms with E-state index in [-0.39, 0.29) is 29.2 Å². The quantitative estimate of drug-likeness (QED) is 0.840. The highest BCUT2D eigenvalue weighted by Crippen LogP contribution is 2.25. The fourth-order valence-corrected chi connectivity index (χ4v) is 4.66. The van der Waals surface area contributed by atoms with Crippen LogP contribution in [0.15, 0.2) is 30.5 Å². The predicted octanol–water partition coefficient (Wildman–Crippen LogP) is 2.01. The average molecular weight is 361 g/mol. The highest BCUT2D eigenvalue weighted by atomic mass is 32.2. The van der Waals surface area contributed by atoms with Gasteiger partial charge in [0.05, 0.1) is 29.3 Å². The lowest BCUT2D eigenvalue weighted by atomic mass is 10.1. The zero-order valence-electron chi connectivity index (χ0n) is 14.0. The van der Waals surface area contributed by atoms with Crippen LogP contribution in [0.2, 0.25) is 0 Å². The number of nitrogens with one attached hydrogen (secondary N) is 1. The average Bonchev–Trinajstić information content (AvgIpc) is 3.10. The van der Waals surface area contributed by atoms with Crippen molar-refractivity contribution >= 4 is 27.2 Å². The number of hydrogen-bond donors (Lipinski definition) is 1. The molecule has 3 rings (SSSR count). The third kappa shape index (κ3) is 3.63. The van der Waals surface area contributed by atoms with Crippen molar-refractivity contribution in [1.82, 2.24) is 9.78 Å². The number of amides is 1. The summed E-state index contributed by atoms with van der Waals surface area (Å²) in [6.07, 6.45) is 1.97. The molecule has 1 unspecified atom stereocenters. The van der Waals surface area contributed by atoms with Crippen molar-refractivity contribution in [3.05, 3.63) is 47.3 Å². The fourth-order valence-electron chi connectivity index (χ4n) is 2.97. The Bertz CT molecular complexity index is 929. The van der Waals surface area contributed by atoms with Crippen molar-refractivity contribution in [2.75, 3.05) is 16.8 Å². The Morgan fingerprint density at radius 3 is 2.48 bits per heavy atom. The summed E-state index contributed by atoms with van der Waals surface area (Å²) in [7, 11) is -3.02. The zero-order chi connectivity index (χ0) is 18.2. The molecule has 1 N–H and O–H groups in total. The predicted molar refractivity (Wildman–Crippen MR) is 93.7 cm³/mol. The van der Waals surface area contributed by atoms with Gasteiger partial charge in [0.25, 0.3) is 5.91 Å². The van der Waals surface area contributed by atoms with Crippen molar-refractivity contribution in [2.24, 2.45) is 0 Å². The summed E-state index contributed by atoms with van der Waals surface area (Å²) in [5.41, 5.74) is 2.19. The van der Waals surface area contributed by atoms with Gasteiger partial charge < -0.3 is 5.32 Å². The van der Waals surface area contributed by atoms with Crippen LogP contribution in [0.25, 0.3) is 0 Å². The number of carbonyl (C=O) groups is 2. The van der Waals surface area contributed by atoms with Gasteiger partial charge in [-0.1, -0.05) is 0 Å². The van der Waals surface area contributed by atoms with Crippen LogP contribution in [0.1, 0.15) is 45.8 Å². The van der Waals surface area contributed by atoms with Crippen molar-refractivity contribution in [1.29, 1.82) is 0 Å². The van der Waals surface area contributed by atoms with Crippen LogP contribution in [0, 0.1) is 6.92 Å². The number of ketones is 1. The number of aromatic nitrogens is 2. The van der Waals surface area contributed by atoms with E-state index in [9.17, 15) is 18.0 Å². The maximum absolute atomic E-state index is 12.5. The van der Waals surface area contributed by atoms with Crippen LogP contribution in [0.5, 0.6) is 0 Å². The smallest absolute Gasteiger partial charge is 0.259 e. The van der Waals surface area contributed by atoms with E-state index in [1.54, 1.807) is 35.9 Å².